The monoisotopic (exact) mass is 196 g/mol. The minimum atomic E-state index is 0.666. The Morgan fingerprint density at radius 2 is 2.38 bits per heavy atom. The lowest BCUT2D eigenvalue weighted by Gasteiger charge is -2.02. The molecule has 0 fully saturated rings. The first-order valence-corrected chi connectivity index (χ1v) is 4.67. The van der Waals surface area contributed by atoms with Crippen LogP contribution >= 0.6 is 11.6 Å². The van der Waals surface area contributed by atoms with Crippen LogP contribution in [0.3, 0.4) is 0 Å². The largest absolute Gasteiger partial charge is 0.370 e. The van der Waals surface area contributed by atoms with Crippen molar-refractivity contribution in [3.63, 3.8) is 0 Å². The van der Waals surface area contributed by atoms with E-state index in [0.717, 1.165) is 18.8 Å². The fraction of sp³-hybridized carbons (Fsp3) is 0.300. The van der Waals surface area contributed by atoms with Crippen LogP contribution in [0.1, 0.15) is 13.3 Å². The van der Waals surface area contributed by atoms with Crippen molar-refractivity contribution < 1.29 is 0 Å². The van der Waals surface area contributed by atoms with Crippen LogP contribution < -0.4 is 5.32 Å². The van der Waals surface area contributed by atoms with Crippen LogP contribution in [0.5, 0.6) is 0 Å². The van der Waals surface area contributed by atoms with Crippen molar-refractivity contribution in [3.8, 4) is 0 Å². The minimum absolute atomic E-state index is 0.666. The molecule has 1 aromatic heterocycles. The van der Waals surface area contributed by atoms with Gasteiger partial charge in [-0.2, -0.15) is 0 Å². The number of halogens is 1. The number of aromatic nitrogens is 1. The summed E-state index contributed by atoms with van der Waals surface area (Å²) in [4.78, 5) is 4.11. The second-order valence-electron chi connectivity index (χ2n) is 2.65. The molecular weight excluding hydrogens is 184 g/mol. The lowest BCUT2D eigenvalue weighted by molar-refractivity contribution is 1.05. The van der Waals surface area contributed by atoms with Gasteiger partial charge in [0.1, 0.15) is 5.82 Å². The van der Waals surface area contributed by atoms with E-state index in [9.17, 15) is 0 Å². The van der Waals surface area contributed by atoms with E-state index in [-0.39, 0.29) is 0 Å². The Balaban J connectivity index is 2.33. The Kier molecular flexibility index (Phi) is 4.33. The molecule has 0 unspecified atom stereocenters. The van der Waals surface area contributed by atoms with Gasteiger partial charge in [0, 0.05) is 12.7 Å². The normalized spacial score (nSPS) is 10.6. The van der Waals surface area contributed by atoms with E-state index < -0.39 is 0 Å². The zero-order chi connectivity index (χ0) is 9.52. The van der Waals surface area contributed by atoms with E-state index in [1.807, 2.05) is 25.1 Å². The lowest BCUT2D eigenvalue weighted by Crippen LogP contribution is -2.01. The van der Waals surface area contributed by atoms with Gasteiger partial charge < -0.3 is 5.32 Å². The second-order valence-corrected chi connectivity index (χ2v) is 3.08. The van der Waals surface area contributed by atoms with Gasteiger partial charge in [0.05, 0.1) is 5.02 Å². The molecule has 0 bridgehead atoms. The highest BCUT2D eigenvalue weighted by Crippen LogP contribution is 2.09. The maximum absolute atomic E-state index is 5.69. The zero-order valence-electron chi connectivity index (χ0n) is 7.63. The maximum atomic E-state index is 5.69. The van der Waals surface area contributed by atoms with E-state index in [1.54, 1.807) is 6.20 Å². The van der Waals surface area contributed by atoms with Gasteiger partial charge in [-0.3, -0.25) is 0 Å². The zero-order valence-corrected chi connectivity index (χ0v) is 8.38. The molecule has 0 atom stereocenters. The highest BCUT2D eigenvalue weighted by molar-refractivity contribution is 6.30. The quantitative estimate of drug-likeness (QED) is 0.591. The van der Waals surface area contributed by atoms with Crippen LogP contribution in [0.2, 0.25) is 5.02 Å². The van der Waals surface area contributed by atoms with Gasteiger partial charge in [0.25, 0.3) is 0 Å². The summed E-state index contributed by atoms with van der Waals surface area (Å²) in [7, 11) is 0. The summed E-state index contributed by atoms with van der Waals surface area (Å²) in [6.45, 7) is 2.92. The van der Waals surface area contributed by atoms with E-state index in [0.29, 0.717) is 5.02 Å². The molecule has 0 aliphatic heterocycles. The maximum Gasteiger partial charge on any atom is 0.125 e. The van der Waals surface area contributed by atoms with E-state index in [1.165, 1.54) is 0 Å². The standard InChI is InChI=1S/C10H13ClN2/c1-2-3-4-7-12-10-6-5-9(11)8-13-10/h2-3,5-6,8H,4,7H2,1H3,(H,12,13)/b3-2+. The molecule has 0 aliphatic rings. The number of nitrogens with one attached hydrogen (secondary N) is 1. The highest BCUT2D eigenvalue weighted by atomic mass is 35.5. The molecule has 0 radical (unpaired) electrons. The van der Waals surface area contributed by atoms with Gasteiger partial charge in [0.15, 0.2) is 0 Å². The summed E-state index contributed by atoms with van der Waals surface area (Å²) >= 11 is 5.69. The Morgan fingerprint density at radius 3 is 3.00 bits per heavy atom. The van der Waals surface area contributed by atoms with Crippen molar-refractivity contribution in [2.45, 2.75) is 13.3 Å². The first-order valence-electron chi connectivity index (χ1n) is 4.29. The van der Waals surface area contributed by atoms with Crippen molar-refractivity contribution in [1.82, 2.24) is 4.98 Å². The summed E-state index contributed by atoms with van der Waals surface area (Å²) in [5.74, 6) is 0.869. The fourth-order valence-corrected chi connectivity index (χ4v) is 1.04. The third kappa shape index (κ3) is 3.95. The highest BCUT2D eigenvalue weighted by Gasteiger charge is 1.91. The van der Waals surface area contributed by atoms with Crippen LogP contribution in [0.25, 0.3) is 0 Å². The number of rotatable bonds is 4. The molecule has 1 rings (SSSR count). The Hall–Kier alpha value is -1.02. The molecule has 70 valence electrons. The van der Waals surface area contributed by atoms with Crippen LogP contribution in [0.4, 0.5) is 5.82 Å². The summed E-state index contributed by atoms with van der Waals surface area (Å²) < 4.78 is 0. The van der Waals surface area contributed by atoms with Gasteiger partial charge in [-0.15, -0.1) is 0 Å². The average molecular weight is 197 g/mol. The molecule has 1 N–H and O–H groups in total. The third-order valence-electron chi connectivity index (χ3n) is 1.58. The number of hydrogen-bond donors (Lipinski definition) is 1. The predicted molar refractivity (Wildman–Crippen MR) is 57.2 cm³/mol. The van der Waals surface area contributed by atoms with Gasteiger partial charge in [-0.1, -0.05) is 23.8 Å². The third-order valence-corrected chi connectivity index (χ3v) is 1.80. The predicted octanol–water partition coefficient (Wildman–Crippen LogP) is 3.11. The van der Waals surface area contributed by atoms with Crippen LogP contribution in [0.15, 0.2) is 30.5 Å². The molecule has 0 spiro atoms. The van der Waals surface area contributed by atoms with Crippen LogP contribution in [-0.2, 0) is 0 Å². The molecule has 0 saturated heterocycles. The van der Waals surface area contributed by atoms with Gasteiger partial charge in [-0.25, -0.2) is 4.98 Å². The van der Waals surface area contributed by atoms with Gasteiger partial charge >= 0.3 is 0 Å². The van der Waals surface area contributed by atoms with Crippen LogP contribution in [-0.4, -0.2) is 11.5 Å². The van der Waals surface area contributed by atoms with Crippen molar-refractivity contribution in [2.24, 2.45) is 0 Å². The summed E-state index contributed by atoms with van der Waals surface area (Å²) in [5, 5.41) is 3.85. The first-order chi connectivity index (χ1) is 6.33. The lowest BCUT2D eigenvalue weighted by atomic mass is 10.4. The SMILES string of the molecule is C/C=C/CCNc1ccc(Cl)cn1. The van der Waals surface area contributed by atoms with Crippen molar-refractivity contribution in [2.75, 3.05) is 11.9 Å². The van der Waals surface area contributed by atoms with E-state index >= 15 is 0 Å². The number of allylic oxidation sites excluding steroid dienone is 1. The number of anilines is 1. The van der Waals surface area contributed by atoms with E-state index in [4.69, 9.17) is 11.6 Å². The average Bonchev–Trinajstić information content (AvgIpc) is 2.15. The summed E-state index contributed by atoms with van der Waals surface area (Å²) in [5.41, 5.74) is 0. The molecular formula is C10H13ClN2. The molecule has 1 aromatic rings. The Bertz CT molecular complexity index is 267. The van der Waals surface area contributed by atoms with Gasteiger partial charge in [0.2, 0.25) is 0 Å². The van der Waals surface area contributed by atoms with Crippen molar-refractivity contribution in [1.29, 1.82) is 0 Å². The molecule has 0 aliphatic carbocycles. The number of hydrogen-bond acceptors (Lipinski definition) is 2. The molecule has 0 saturated carbocycles. The van der Waals surface area contributed by atoms with Gasteiger partial charge in [-0.05, 0) is 25.5 Å². The van der Waals surface area contributed by atoms with Crippen LogP contribution in [0, 0.1) is 0 Å². The Labute approximate surface area is 83.6 Å². The molecule has 0 amide bonds. The topological polar surface area (TPSA) is 24.9 Å². The molecule has 13 heavy (non-hydrogen) atoms. The summed E-state index contributed by atoms with van der Waals surface area (Å²) in [6, 6.07) is 3.70. The molecule has 3 heteroatoms. The van der Waals surface area contributed by atoms with Crippen molar-refractivity contribution in [3.05, 3.63) is 35.5 Å². The fourth-order valence-electron chi connectivity index (χ4n) is 0.931. The minimum Gasteiger partial charge on any atom is -0.370 e. The second kappa shape index (κ2) is 5.60. The molecule has 2 nitrogen and oxygen atoms in total. The number of pyridine rings is 1. The smallest absolute Gasteiger partial charge is 0.125 e. The summed E-state index contributed by atoms with van der Waals surface area (Å²) in [6.07, 6.45) is 6.81. The van der Waals surface area contributed by atoms with E-state index in [2.05, 4.69) is 16.4 Å². The molecule has 0 aromatic carbocycles. The molecule has 1 heterocycles. The first kappa shape index (κ1) is 10.1. The Morgan fingerprint density at radius 1 is 1.54 bits per heavy atom. The van der Waals surface area contributed by atoms with Crippen molar-refractivity contribution >= 4 is 17.4 Å². The number of nitrogens with zero attached hydrogens (tertiary/aromatic N) is 1.